The molecule has 0 atom stereocenters. The lowest BCUT2D eigenvalue weighted by Crippen LogP contribution is -2.35. The van der Waals surface area contributed by atoms with E-state index in [2.05, 4.69) is 5.32 Å². The molecule has 8 nitrogen and oxygen atoms in total. The van der Waals surface area contributed by atoms with Gasteiger partial charge in [-0.3, -0.25) is 9.59 Å². The lowest BCUT2D eigenvalue weighted by molar-refractivity contribution is -0.147. The maximum absolute atomic E-state index is 12.9. The average molecular weight is 413 g/mol. The third-order valence-electron chi connectivity index (χ3n) is 4.30. The largest absolute Gasteiger partial charge is 0.492 e. The Morgan fingerprint density at radius 2 is 1.86 bits per heavy atom. The number of nitrogens with zero attached hydrogens (tertiary/aromatic N) is 1. The van der Waals surface area contributed by atoms with E-state index in [9.17, 15) is 18.0 Å². The summed E-state index contributed by atoms with van der Waals surface area (Å²) in [4.78, 5) is 23.6. The molecule has 0 radical (unpaired) electrons. The number of rotatable bonds is 9. The van der Waals surface area contributed by atoms with Crippen LogP contribution in [-0.2, 0) is 24.3 Å². The minimum absolute atomic E-state index is 0.0936. The molecular formula is C19H28N2O6S. The van der Waals surface area contributed by atoms with Gasteiger partial charge in [-0.1, -0.05) is 13.3 Å². The van der Waals surface area contributed by atoms with E-state index in [1.54, 1.807) is 6.92 Å². The quantitative estimate of drug-likeness (QED) is 0.626. The molecule has 0 unspecified atom stereocenters. The van der Waals surface area contributed by atoms with Gasteiger partial charge in [-0.25, -0.2) is 8.42 Å². The first-order valence-corrected chi connectivity index (χ1v) is 11.0. The summed E-state index contributed by atoms with van der Waals surface area (Å²) in [5.41, 5.74) is 0.233. The molecule has 1 amide bonds. The van der Waals surface area contributed by atoms with E-state index >= 15 is 0 Å². The van der Waals surface area contributed by atoms with Crippen molar-refractivity contribution in [2.75, 3.05) is 31.6 Å². The van der Waals surface area contributed by atoms with Crippen molar-refractivity contribution < 1.29 is 27.5 Å². The second kappa shape index (κ2) is 10.4. The van der Waals surface area contributed by atoms with Crippen molar-refractivity contribution in [3.63, 3.8) is 0 Å². The Bertz CT molecular complexity index is 788. The highest BCUT2D eigenvalue weighted by Gasteiger charge is 2.27. The molecule has 0 aliphatic carbocycles. The summed E-state index contributed by atoms with van der Waals surface area (Å²) in [5.74, 6) is -0.657. The van der Waals surface area contributed by atoms with Gasteiger partial charge in [0.25, 0.3) is 5.91 Å². The van der Waals surface area contributed by atoms with Gasteiger partial charge in [0, 0.05) is 19.5 Å². The van der Waals surface area contributed by atoms with Gasteiger partial charge in [0.15, 0.2) is 6.61 Å². The molecule has 9 heteroatoms. The SMILES string of the molecule is CCCC(=O)OCC(=O)Nc1cc(S(=O)(=O)N2CCCCC2)ccc1OCC. The van der Waals surface area contributed by atoms with Gasteiger partial charge in [-0.2, -0.15) is 4.31 Å². The molecule has 1 N–H and O–H groups in total. The minimum atomic E-state index is -3.64. The molecule has 1 aliphatic heterocycles. The molecule has 1 heterocycles. The lowest BCUT2D eigenvalue weighted by Gasteiger charge is -2.26. The fraction of sp³-hybridized carbons (Fsp3) is 0.579. The molecule has 156 valence electrons. The van der Waals surface area contributed by atoms with Crippen molar-refractivity contribution >= 4 is 27.6 Å². The number of hydrogen-bond donors (Lipinski definition) is 1. The minimum Gasteiger partial charge on any atom is -0.492 e. The van der Waals surface area contributed by atoms with Crippen molar-refractivity contribution in [2.24, 2.45) is 0 Å². The first kappa shape index (κ1) is 22.2. The van der Waals surface area contributed by atoms with Gasteiger partial charge in [0.2, 0.25) is 10.0 Å². The van der Waals surface area contributed by atoms with Crippen molar-refractivity contribution in [1.82, 2.24) is 4.31 Å². The molecule has 1 aromatic carbocycles. The monoisotopic (exact) mass is 412 g/mol. The van der Waals surface area contributed by atoms with Crippen LogP contribution in [0.25, 0.3) is 0 Å². The zero-order valence-corrected chi connectivity index (χ0v) is 17.2. The summed E-state index contributed by atoms with van der Waals surface area (Å²) in [7, 11) is -3.64. The fourth-order valence-corrected chi connectivity index (χ4v) is 4.46. The normalized spacial score (nSPS) is 15.1. The van der Waals surface area contributed by atoms with Crippen LogP contribution in [0.1, 0.15) is 46.0 Å². The maximum Gasteiger partial charge on any atom is 0.306 e. The predicted octanol–water partition coefficient (Wildman–Crippen LogP) is 2.54. The molecule has 28 heavy (non-hydrogen) atoms. The predicted molar refractivity (Wildman–Crippen MR) is 105 cm³/mol. The molecule has 0 saturated carbocycles. The smallest absolute Gasteiger partial charge is 0.306 e. The van der Waals surface area contributed by atoms with Gasteiger partial charge in [0.1, 0.15) is 5.75 Å². The molecule has 1 fully saturated rings. The number of hydrogen-bond acceptors (Lipinski definition) is 6. The third kappa shape index (κ3) is 5.93. The van der Waals surface area contributed by atoms with Crippen molar-refractivity contribution in [1.29, 1.82) is 0 Å². The number of sulfonamides is 1. The Hall–Kier alpha value is -2.13. The number of amides is 1. The Balaban J connectivity index is 2.18. The second-order valence-electron chi connectivity index (χ2n) is 6.51. The van der Waals surface area contributed by atoms with E-state index in [0.717, 1.165) is 19.3 Å². The van der Waals surface area contributed by atoms with E-state index in [1.165, 1.54) is 22.5 Å². The highest BCUT2D eigenvalue weighted by atomic mass is 32.2. The van der Waals surface area contributed by atoms with E-state index in [0.29, 0.717) is 31.9 Å². The Labute approximate surface area is 166 Å². The number of anilines is 1. The Kier molecular flexibility index (Phi) is 8.25. The molecule has 0 spiro atoms. The molecular weight excluding hydrogens is 384 g/mol. The van der Waals surface area contributed by atoms with Crippen LogP contribution in [0.3, 0.4) is 0 Å². The van der Waals surface area contributed by atoms with Crippen molar-refractivity contribution in [2.45, 2.75) is 50.8 Å². The zero-order valence-electron chi connectivity index (χ0n) is 16.4. The summed E-state index contributed by atoms with van der Waals surface area (Å²) in [6.07, 6.45) is 3.56. The van der Waals surface area contributed by atoms with Gasteiger partial charge < -0.3 is 14.8 Å². The summed E-state index contributed by atoms with van der Waals surface area (Å²) in [6.45, 7) is 4.52. The van der Waals surface area contributed by atoms with Crippen LogP contribution >= 0.6 is 0 Å². The number of nitrogens with one attached hydrogen (secondary N) is 1. The zero-order chi connectivity index (χ0) is 20.6. The van der Waals surface area contributed by atoms with Crippen LogP contribution in [0.2, 0.25) is 0 Å². The van der Waals surface area contributed by atoms with Gasteiger partial charge in [0.05, 0.1) is 17.2 Å². The molecule has 0 aromatic heterocycles. The van der Waals surface area contributed by atoms with Crippen LogP contribution in [0.15, 0.2) is 23.1 Å². The van der Waals surface area contributed by atoms with Gasteiger partial charge in [-0.05, 0) is 44.4 Å². The second-order valence-corrected chi connectivity index (χ2v) is 8.45. The van der Waals surface area contributed by atoms with Crippen LogP contribution in [0, 0.1) is 0 Å². The number of benzene rings is 1. The van der Waals surface area contributed by atoms with Crippen LogP contribution in [0.5, 0.6) is 5.75 Å². The summed E-state index contributed by atoms with van der Waals surface area (Å²) >= 11 is 0. The fourth-order valence-electron chi connectivity index (χ4n) is 2.91. The number of esters is 1. The summed E-state index contributed by atoms with van der Waals surface area (Å²) in [5, 5.41) is 2.58. The van der Waals surface area contributed by atoms with E-state index < -0.39 is 28.5 Å². The third-order valence-corrected chi connectivity index (χ3v) is 6.19. The molecule has 1 aliphatic rings. The molecule has 1 saturated heterocycles. The van der Waals surface area contributed by atoms with E-state index in [4.69, 9.17) is 9.47 Å². The number of piperidine rings is 1. The van der Waals surface area contributed by atoms with E-state index in [-0.39, 0.29) is 17.0 Å². The lowest BCUT2D eigenvalue weighted by atomic mass is 10.2. The standard InChI is InChI=1S/C19H28N2O6S/c1-3-8-19(23)27-14-18(22)20-16-13-15(9-10-17(16)26-4-2)28(24,25)21-11-6-5-7-12-21/h9-10,13H,3-8,11-12,14H2,1-2H3,(H,20,22). The first-order valence-electron chi connectivity index (χ1n) is 9.61. The van der Waals surface area contributed by atoms with Crippen LogP contribution < -0.4 is 10.1 Å². The van der Waals surface area contributed by atoms with Gasteiger partial charge >= 0.3 is 5.97 Å². The van der Waals surface area contributed by atoms with Crippen LogP contribution in [-0.4, -0.2) is 50.9 Å². The Morgan fingerprint density at radius 3 is 2.50 bits per heavy atom. The van der Waals surface area contributed by atoms with Crippen molar-refractivity contribution in [3.8, 4) is 5.75 Å². The van der Waals surface area contributed by atoms with Gasteiger partial charge in [-0.15, -0.1) is 0 Å². The number of carbonyl (C=O) groups is 2. The number of ether oxygens (including phenoxy) is 2. The molecule has 0 bridgehead atoms. The summed E-state index contributed by atoms with van der Waals surface area (Å²) in [6, 6.07) is 4.39. The van der Waals surface area contributed by atoms with Crippen LogP contribution in [0.4, 0.5) is 5.69 Å². The van der Waals surface area contributed by atoms with Crippen molar-refractivity contribution in [3.05, 3.63) is 18.2 Å². The highest BCUT2D eigenvalue weighted by Crippen LogP contribution is 2.30. The number of carbonyl (C=O) groups excluding carboxylic acids is 2. The van der Waals surface area contributed by atoms with E-state index in [1.807, 2.05) is 6.92 Å². The topological polar surface area (TPSA) is 102 Å². The first-order chi connectivity index (χ1) is 13.4. The average Bonchev–Trinajstić information content (AvgIpc) is 2.69. The Morgan fingerprint density at radius 1 is 1.14 bits per heavy atom. The highest BCUT2D eigenvalue weighted by molar-refractivity contribution is 7.89. The summed E-state index contributed by atoms with van der Waals surface area (Å²) < 4.78 is 37.6. The maximum atomic E-state index is 12.9. The molecule has 2 rings (SSSR count). The molecule has 1 aromatic rings.